The molecule has 2 nitrogen and oxygen atoms in total. The molecule has 0 bridgehead atoms. The highest BCUT2D eigenvalue weighted by atomic mass is 15.1. The second-order valence-corrected chi connectivity index (χ2v) is 14.6. The lowest BCUT2D eigenvalue weighted by Crippen LogP contribution is -2.19. The molecule has 1 unspecified atom stereocenters. The van der Waals surface area contributed by atoms with E-state index in [-0.39, 0.29) is 0 Å². The zero-order chi connectivity index (χ0) is 37.3. The Bertz CT molecular complexity index is 2810. The number of anilines is 5. The molecular formula is C54H40N2. The van der Waals surface area contributed by atoms with Crippen LogP contribution >= 0.6 is 0 Å². The average molecular weight is 717 g/mol. The van der Waals surface area contributed by atoms with E-state index in [2.05, 4.69) is 234 Å². The molecule has 0 fully saturated rings. The van der Waals surface area contributed by atoms with Crippen molar-refractivity contribution in [1.82, 2.24) is 0 Å². The van der Waals surface area contributed by atoms with Crippen LogP contribution in [0.1, 0.15) is 17.5 Å². The van der Waals surface area contributed by atoms with Gasteiger partial charge >= 0.3 is 0 Å². The van der Waals surface area contributed by atoms with E-state index < -0.39 is 0 Å². The smallest absolute Gasteiger partial charge is 0.0468 e. The first kappa shape index (κ1) is 33.4. The molecule has 56 heavy (non-hydrogen) atoms. The summed E-state index contributed by atoms with van der Waals surface area (Å²) in [6.45, 7) is 0. The standard InChI is InChI=1S/C54H40N2/c1-5-13-45-35-51(31-23-41(45)9-1)55(52-32-24-42-10-2-6-14-46(42)36-52)49-27-19-39(20-28-49)17-18-40-21-29-50(30-22-40)56(53-33-25-43-11-3-7-15-47(43)37-53)54-34-26-44-12-4-8-16-48(44)38-54/h1-25,27-38,44H,26H2/b18-17+. The summed E-state index contributed by atoms with van der Waals surface area (Å²) in [6.07, 6.45) is 19.0. The molecule has 2 heteroatoms. The molecule has 2 aliphatic carbocycles. The number of allylic oxidation sites excluding steroid dienone is 7. The molecule has 0 saturated carbocycles. The maximum absolute atomic E-state index is 2.39. The minimum Gasteiger partial charge on any atom is -0.311 e. The first-order chi connectivity index (χ1) is 27.7. The lowest BCUT2D eigenvalue weighted by molar-refractivity contribution is 0.768. The summed E-state index contributed by atoms with van der Waals surface area (Å²) in [5.74, 6) is 0.448. The number of hydrogen-bond acceptors (Lipinski definition) is 2. The molecule has 0 radical (unpaired) electrons. The van der Waals surface area contributed by atoms with E-state index in [4.69, 9.17) is 0 Å². The number of benzene rings is 8. The lowest BCUT2D eigenvalue weighted by Gasteiger charge is -2.31. The highest BCUT2D eigenvalue weighted by molar-refractivity contribution is 5.93. The maximum atomic E-state index is 2.39. The van der Waals surface area contributed by atoms with Gasteiger partial charge in [-0.15, -0.1) is 0 Å². The van der Waals surface area contributed by atoms with E-state index in [1.165, 1.54) is 43.6 Å². The van der Waals surface area contributed by atoms with Crippen molar-refractivity contribution >= 4 is 72.9 Å². The Balaban J connectivity index is 0.941. The molecule has 0 saturated heterocycles. The molecule has 2 aliphatic rings. The van der Waals surface area contributed by atoms with E-state index in [0.717, 1.165) is 46.0 Å². The Hall–Kier alpha value is -7.16. The quantitative estimate of drug-likeness (QED) is 0.144. The third kappa shape index (κ3) is 6.63. The zero-order valence-corrected chi connectivity index (χ0v) is 31.0. The zero-order valence-electron chi connectivity index (χ0n) is 31.0. The van der Waals surface area contributed by atoms with Crippen molar-refractivity contribution in [2.45, 2.75) is 6.42 Å². The first-order valence-electron chi connectivity index (χ1n) is 19.4. The van der Waals surface area contributed by atoms with Crippen LogP contribution in [0.4, 0.5) is 28.4 Å². The Morgan fingerprint density at radius 3 is 1.34 bits per heavy atom. The molecule has 0 aliphatic heterocycles. The summed E-state index contributed by atoms with van der Waals surface area (Å²) in [4.78, 5) is 4.75. The molecule has 8 aromatic carbocycles. The molecule has 0 amide bonds. The van der Waals surface area contributed by atoms with Crippen LogP contribution in [0.5, 0.6) is 0 Å². The van der Waals surface area contributed by atoms with E-state index in [9.17, 15) is 0 Å². The number of rotatable bonds is 8. The van der Waals surface area contributed by atoms with Crippen LogP contribution < -0.4 is 9.80 Å². The van der Waals surface area contributed by atoms with E-state index in [1.807, 2.05) is 0 Å². The Morgan fingerprint density at radius 2 is 0.839 bits per heavy atom. The molecule has 8 aromatic rings. The summed E-state index contributed by atoms with van der Waals surface area (Å²) in [5.41, 5.74) is 10.5. The Kier molecular flexibility index (Phi) is 8.70. The van der Waals surface area contributed by atoms with Crippen LogP contribution in [0.25, 0.3) is 44.5 Å². The summed E-state index contributed by atoms with van der Waals surface area (Å²) in [5, 5.41) is 7.40. The molecule has 0 spiro atoms. The predicted molar refractivity (Wildman–Crippen MR) is 240 cm³/mol. The van der Waals surface area contributed by atoms with Gasteiger partial charge in [-0.25, -0.2) is 0 Å². The molecule has 10 rings (SSSR count). The van der Waals surface area contributed by atoms with Gasteiger partial charge in [-0.05, 0) is 122 Å². The minimum atomic E-state index is 0.448. The summed E-state index contributed by atoms with van der Waals surface area (Å²) in [7, 11) is 0. The van der Waals surface area contributed by atoms with Crippen LogP contribution in [0.15, 0.2) is 224 Å². The fourth-order valence-corrected chi connectivity index (χ4v) is 8.11. The first-order valence-corrected chi connectivity index (χ1v) is 19.4. The van der Waals surface area contributed by atoms with Crippen molar-refractivity contribution in [3.8, 4) is 0 Å². The lowest BCUT2D eigenvalue weighted by atomic mass is 9.87. The van der Waals surface area contributed by atoms with E-state index in [1.54, 1.807) is 0 Å². The van der Waals surface area contributed by atoms with Crippen LogP contribution in [0, 0.1) is 5.92 Å². The van der Waals surface area contributed by atoms with Crippen molar-refractivity contribution in [2.24, 2.45) is 5.92 Å². The molecule has 0 heterocycles. The maximum Gasteiger partial charge on any atom is 0.0468 e. The van der Waals surface area contributed by atoms with Gasteiger partial charge in [-0.3, -0.25) is 0 Å². The van der Waals surface area contributed by atoms with Gasteiger partial charge in [0.2, 0.25) is 0 Å². The van der Waals surface area contributed by atoms with Crippen LogP contribution in [-0.4, -0.2) is 0 Å². The highest BCUT2D eigenvalue weighted by Gasteiger charge is 2.21. The average Bonchev–Trinajstić information content (AvgIpc) is 3.26. The number of nitrogens with zero attached hydrogens (tertiary/aromatic N) is 2. The van der Waals surface area contributed by atoms with Crippen molar-refractivity contribution in [3.63, 3.8) is 0 Å². The highest BCUT2D eigenvalue weighted by Crippen LogP contribution is 2.39. The fraction of sp³-hybridized carbons (Fsp3) is 0.0370. The second-order valence-electron chi connectivity index (χ2n) is 14.6. The van der Waals surface area contributed by atoms with Gasteiger partial charge in [0, 0.05) is 40.1 Å². The molecule has 0 aromatic heterocycles. The Labute approximate surface area is 328 Å². The summed E-state index contributed by atoms with van der Waals surface area (Å²) < 4.78 is 0. The van der Waals surface area contributed by atoms with Gasteiger partial charge in [-0.2, -0.15) is 0 Å². The second kappa shape index (κ2) is 14.6. The van der Waals surface area contributed by atoms with Crippen molar-refractivity contribution in [3.05, 3.63) is 235 Å². The number of fused-ring (bicyclic) bond motifs is 4. The van der Waals surface area contributed by atoms with E-state index >= 15 is 0 Å². The third-order valence-corrected chi connectivity index (χ3v) is 11.1. The minimum absolute atomic E-state index is 0.448. The van der Waals surface area contributed by atoms with Gasteiger partial charge in [0.15, 0.2) is 0 Å². The molecule has 0 N–H and O–H groups in total. The van der Waals surface area contributed by atoms with Crippen molar-refractivity contribution in [1.29, 1.82) is 0 Å². The molecule has 266 valence electrons. The van der Waals surface area contributed by atoms with Gasteiger partial charge < -0.3 is 9.80 Å². The van der Waals surface area contributed by atoms with Crippen LogP contribution in [-0.2, 0) is 0 Å². The SMILES string of the molecule is C1=CC2=CC(N(c3ccc(/C=C/c4ccc(N(c5ccc6ccccc6c5)c5ccc6ccccc6c5)cc4)cc3)c3ccc4ccccc4c3)=CCC2C=C1. The predicted octanol–water partition coefficient (Wildman–Crippen LogP) is 14.9. The number of hydrogen-bond donors (Lipinski definition) is 0. The van der Waals surface area contributed by atoms with Crippen LogP contribution in [0.3, 0.4) is 0 Å². The van der Waals surface area contributed by atoms with Gasteiger partial charge in [-0.1, -0.05) is 158 Å². The van der Waals surface area contributed by atoms with Gasteiger partial charge in [0.25, 0.3) is 0 Å². The summed E-state index contributed by atoms with van der Waals surface area (Å²) >= 11 is 0. The normalized spacial score (nSPS) is 14.9. The van der Waals surface area contributed by atoms with E-state index in [0.29, 0.717) is 5.92 Å². The molecule has 1 atom stereocenters. The third-order valence-electron chi connectivity index (χ3n) is 11.1. The van der Waals surface area contributed by atoms with Crippen LogP contribution in [0.2, 0.25) is 0 Å². The van der Waals surface area contributed by atoms with Crippen molar-refractivity contribution < 1.29 is 0 Å². The molecular weight excluding hydrogens is 677 g/mol. The monoisotopic (exact) mass is 716 g/mol. The summed E-state index contributed by atoms with van der Waals surface area (Å²) in [6, 6.07) is 63.7. The fourth-order valence-electron chi connectivity index (χ4n) is 8.11. The largest absolute Gasteiger partial charge is 0.311 e. The topological polar surface area (TPSA) is 6.48 Å². The van der Waals surface area contributed by atoms with Gasteiger partial charge in [0.1, 0.15) is 0 Å². The van der Waals surface area contributed by atoms with Gasteiger partial charge in [0.05, 0.1) is 0 Å². The van der Waals surface area contributed by atoms with Crippen molar-refractivity contribution in [2.75, 3.05) is 9.80 Å². The Morgan fingerprint density at radius 1 is 0.411 bits per heavy atom.